The molecule has 1 aliphatic heterocycles. The zero-order chi connectivity index (χ0) is 27.4. The predicted molar refractivity (Wildman–Crippen MR) is 138 cm³/mol. The van der Waals surface area contributed by atoms with Gasteiger partial charge in [0, 0.05) is 0 Å². The lowest BCUT2D eigenvalue weighted by Crippen LogP contribution is -2.62. The summed E-state index contributed by atoms with van der Waals surface area (Å²) in [6, 6.07) is 15.8. The molecule has 0 aromatic heterocycles. The van der Waals surface area contributed by atoms with Crippen LogP contribution >= 0.6 is 0 Å². The third kappa shape index (κ3) is 7.38. The van der Waals surface area contributed by atoms with Crippen LogP contribution in [0.5, 0.6) is 5.75 Å². The SMILES string of the molecule is CC(C)(C)[Si](C)(C)OCC(O)[C@H]1O[C@H](O)[C@H](OC(=O)c2ccc(OCc3ccccc3)cc2)[C@@H](O)[C@H]1O. The van der Waals surface area contributed by atoms with Gasteiger partial charge in [0.1, 0.15) is 36.8 Å². The molecule has 0 amide bonds. The summed E-state index contributed by atoms with van der Waals surface area (Å²) in [7, 11) is -2.19. The molecule has 0 spiro atoms. The largest absolute Gasteiger partial charge is 0.489 e. The number of hydrogen-bond acceptors (Lipinski definition) is 9. The van der Waals surface area contributed by atoms with Gasteiger partial charge >= 0.3 is 5.97 Å². The van der Waals surface area contributed by atoms with Crippen LogP contribution in [0.3, 0.4) is 0 Å². The van der Waals surface area contributed by atoms with Crippen molar-refractivity contribution in [2.75, 3.05) is 6.61 Å². The summed E-state index contributed by atoms with van der Waals surface area (Å²) in [5, 5.41) is 42.0. The summed E-state index contributed by atoms with van der Waals surface area (Å²) in [4.78, 5) is 12.6. The normalized spacial score (nSPS) is 25.4. The van der Waals surface area contributed by atoms with E-state index < -0.39 is 51.1 Å². The van der Waals surface area contributed by atoms with Crippen LogP contribution in [0.25, 0.3) is 0 Å². The van der Waals surface area contributed by atoms with E-state index in [1.165, 1.54) is 12.1 Å². The van der Waals surface area contributed by atoms with E-state index in [9.17, 15) is 25.2 Å². The van der Waals surface area contributed by atoms with Crippen molar-refractivity contribution in [3.63, 3.8) is 0 Å². The number of benzene rings is 2. The summed E-state index contributed by atoms with van der Waals surface area (Å²) in [5.74, 6) is -0.276. The molecule has 0 aliphatic carbocycles. The number of rotatable bonds is 9. The van der Waals surface area contributed by atoms with Crippen LogP contribution in [-0.2, 0) is 20.5 Å². The van der Waals surface area contributed by atoms with Crippen LogP contribution in [0.4, 0.5) is 0 Å². The topological polar surface area (TPSA) is 135 Å². The molecule has 204 valence electrons. The number of aliphatic hydroxyl groups is 4. The molecular weight excluding hydrogens is 496 g/mol. The standard InChI is InChI=1S/C27H38O9Si/c1-27(2,3)37(4,5)34-16-20(28)23-21(29)22(30)24(26(32)35-23)36-25(31)18-11-13-19(14-12-18)33-15-17-9-7-6-8-10-17/h6-14,20-24,26,28-30,32H,15-16H2,1-5H3/t20?,21-,22+,23-,24-,26+/m1/s1. The molecule has 1 fully saturated rings. The minimum atomic E-state index is -2.19. The lowest BCUT2D eigenvalue weighted by molar-refractivity contribution is -0.297. The van der Waals surface area contributed by atoms with E-state index in [1.54, 1.807) is 12.1 Å². The third-order valence-corrected chi connectivity index (χ3v) is 11.5. The fraction of sp³-hybridized carbons (Fsp3) is 0.519. The average molecular weight is 535 g/mol. The van der Waals surface area contributed by atoms with Crippen LogP contribution in [0, 0.1) is 0 Å². The Bertz CT molecular complexity index is 1010. The molecule has 1 aliphatic rings. The molecule has 0 radical (unpaired) electrons. The molecule has 1 heterocycles. The summed E-state index contributed by atoms with van der Waals surface area (Å²) in [6.07, 6.45) is -9.26. The first kappa shape index (κ1) is 29.2. The number of esters is 1. The number of hydrogen-bond donors (Lipinski definition) is 4. The Morgan fingerprint density at radius 2 is 1.62 bits per heavy atom. The third-order valence-electron chi connectivity index (χ3n) is 6.98. The zero-order valence-corrected chi connectivity index (χ0v) is 22.9. The van der Waals surface area contributed by atoms with Gasteiger partial charge in [0.05, 0.1) is 12.2 Å². The molecule has 10 heteroatoms. The Labute approximate surface area is 218 Å². The molecule has 1 unspecified atom stereocenters. The molecule has 3 rings (SSSR count). The Kier molecular flexibility index (Phi) is 9.51. The van der Waals surface area contributed by atoms with E-state index >= 15 is 0 Å². The molecule has 2 aromatic carbocycles. The van der Waals surface area contributed by atoms with Gasteiger partial charge < -0.3 is 39.1 Å². The highest BCUT2D eigenvalue weighted by atomic mass is 28.4. The van der Waals surface area contributed by atoms with Crippen molar-refractivity contribution in [3.8, 4) is 5.75 Å². The van der Waals surface area contributed by atoms with Crippen LogP contribution in [0.2, 0.25) is 18.1 Å². The van der Waals surface area contributed by atoms with E-state index in [0.717, 1.165) is 5.56 Å². The Morgan fingerprint density at radius 3 is 2.22 bits per heavy atom. The van der Waals surface area contributed by atoms with Gasteiger partial charge in [0.2, 0.25) is 0 Å². The van der Waals surface area contributed by atoms with Crippen LogP contribution in [-0.4, -0.2) is 78.1 Å². The smallest absolute Gasteiger partial charge is 0.338 e. The highest BCUT2D eigenvalue weighted by Crippen LogP contribution is 2.37. The van der Waals surface area contributed by atoms with Gasteiger partial charge in [-0.25, -0.2) is 4.79 Å². The molecule has 6 atom stereocenters. The maximum absolute atomic E-state index is 12.6. The van der Waals surface area contributed by atoms with E-state index in [1.807, 2.05) is 43.4 Å². The van der Waals surface area contributed by atoms with Crippen molar-refractivity contribution in [2.24, 2.45) is 0 Å². The van der Waals surface area contributed by atoms with E-state index in [4.69, 9.17) is 18.6 Å². The maximum Gasteiger partial charge on any atom is 0.338 e. The van der Waals surface area contributed by atoms with Crippen molar-refractivity contribution in [1.29, 1.82) is 0 Å². The fourth-order valence-corrected chi connectivity index (χ4v) is 4.57. The van der Waals surface area contributed by atoms with Gasteiger partial charge in [0.15, 0.2) is 20.7 Å². The quantitative estimate of drug-likeness (QED) is 0.283. The summed E-state index contributed by atoms with van der Waals surface area (Å²) in [5.41, 5.74) is 1.16. The molecule has 0 bridgehead atoms. The first-order valence-corrected chi connectivity index (χ1v) is 15.2. The predicted octanol–water partition coefficient (Wildman–Crippen LogP) is 2.61. The van der Waals surface area contributed by atoms with Gasteiger partial charge in [-0.3, -0.25) is 0 Å². The number of carbonyl (C=O) groups excluding carboxylic acids is 1. The van der Waals surface area contributed by atoms with Crippen LogP contribution in [0.15, 0.2) is 54.6 Å². The van der Waals surface area contributed by atoms with Gasteiger partial charge in [-0.1, -0.05) is 51.1 Å². The van der Waals surface area contributed by atoms with E-state index in [2.05, 4.69) is 20.8 Å². The lowest BCUT2D eigenvalue weighted by Gasteiger charge is -2.42. The molecule has 37 heavy (non-hydrogen) atoms. The number of aliphatic hydroxyl groups excluding tert-OH is 4. The molecule has 9 nitrogen and oxygen atoms in total. The van der Waals surface area contributed by atoms with Crippen molar-refractivity contribution >= 4 is 14.3 Å². The van der Waals surface area contributed by atoms with Gasteiger partial charge in [-0.2, -0.15) is 0 Å². The Balaban J connectivity index is 1.56. The first-order chi connectivity index (χ1) is 17.3. The molecule has 2 aromatic rings. The minimum absolute atomic E-state index is 0.0939. The van der Waals surface area contributed by atoms with E-state index in [0.29, 0.717) is 12.4 Å². The van der Waals surface area contributed by atoms with Crippen molar-refractivity contribution in [2.45, 2.75) is 82.3 Å². The first-order valence-electron chi connectivity index (χ1n) is 12.3. The van der Waals surface area contributed by atoms with Crippen LogP contribution in [0.1, 0.15) is 36.7 Å². The van der Waals surface area contributed by atoms with Gasteiger partial charge in [-0.15, -0.1) is 0 Å². The second kappa shape index (κ2) is 12.0. The van der Waals surface area contributed by atoms with E-state index in [-0.39, 0.29) is 17.2 Å². The second-order valence-corrected chi connectivity index (χ2v) is 15.6. The van der Waals surface area contributed by atoms with Crippen LogP contribution < -0.4 is 4.74 Å². The van der Waals surface area contributed by atoms with Gasteiger partial charge in [-0.05, 0) is 48.0 Å². The van der Waals surface area contributed by atoms with Crippen molar-refractivity contribution in [1.82, 2.24) is 0 Å². The average Bonchev–Trinajstić information content (AvgIpc) is 2.86. The minimum Gasteiger partial charge on any atom is -0.489 e. The molecule has 4 N–H and O–H groups in total. The number of ether oxygens (including phenoxy) is 3. The highest BCUT2D eigenvalue weighted by Gasteiger charge is 2.49. The maximum atomic E-state index is 12.6. The van der Waals surface area contributed by atoms with Crippen molar-refractivity contribution in [3.05, 3.63) is 65.7 Å². The molecular formula is C27H38O9Si. The monoisotopic (exact) mass is 534 g/mol. The fourth-order valence-electron chi connectivity index (χ4n) is 3.55. The highest BCUT2D eigenvalue weighted by molar-refractivity contribution is 6.74. The summed E-state index contributed by atoms with van der Waals surface area (Å²) < 4.78 is 22.3. The lowest BCUT2D eigenvalue weighted by atomic mass is 9.95. The summed E-state index contributed by atoms with van der Waals surface area (Å²) >= 11 is 0. The Hall–Kier alpha value is -2.31. The Morgan fingerprint density at radius 1 is 1.00 bits per heavy atom. The second-order valence-electron chi connectivity index (χ2n) is 10.8. The number of carbonyl (C=O) groups is 1. The summed E-state index contributed by atoms with van der Waals surface area (Å²) in [6.45, 7) is 10.4. The van der Waals surface area contributed by atoms with Crippen molar-refractivity contribution < 1.29 is 43.9 Å². The molecule has 1 saturated heterocycles. The zero-order valence-electron chi connectivity index (χ0n) is 21.9. The molecule has 0 saturated carbocycles. The van der Waals surface area contributed by atoms with Gasteiger partial charge in [0.25, 0.3) is 0 Å².